The molecule has 0 heterocycles. The van der Waals surface area contributed by atoms with Gasteiger partial charge in [0.15, 0.2) is 0 Å². The first-order chi connectivity index (χ1) is 6.72. The van der Waals surface area contributed by atoms with Gasteiger partial charge in [0, 0.05) is 0 Å². The van der Waals surface area contributed by atoms with Gasteiger partial charge in [-0.3, -0.25) is 0 Å². The zero-order valence-corrected chi connectivity index (χ0v) is 10.2. The van der Waals surface area contributed by atoms with Gasteiger partial charge in [-0.15, -0.1) is 0 Å². The fourth-order valence-corrected chi connectivity index (χ4v) is 2.96. The molecular weight excluding hydrogens is 170 g/mol. The Balaban J connectivity index is 2.10. The fourth-order valence-electron chi connectivity index (χ4n) is 2.96. The highest BCUT2D eigenvalue weighted by Gasteiger charge is 2.23. The Kier molecular flexibility index (Phi) is 5.54. The summed E-state index contributed by atoms with van der Waals surface area (Å²) in [5.41, 5.74) is 0. The Morgan fingerprint density at radius 2 is 1.64 bits per heavy atom. The SMILES string of the molecule is CCCNCCC1CC(C)CC(C)C1. The van der Waals surface area contributed by atoms with Gasteiger partial charge in [-0.2, -0.15) is 0 Å². The maximum atomic E-state index is 3.51. The van der Waals surface area contributed by atoms with Crippen LogP contribution < -0.4 is 5.32 Å². The minimum Gasteiger partial charge on any atom is -0.317 e. The van der Waals surface area contributed by atoms with E-state index in [-0.39, 0.29) is 0 Å². The van der Waals surface area contributed by atoms with Gasteiger partial charge < -0.3 is 5.32 Å². The summed E-state index contributed by atoms with van der Waals surface area (Å²) in [6.07, 6.45) is 7.06. The predicted octanol–water partition coefficient (Wildman–Crippen LogP) is 3.45. The molecule has 1 heteroatoms. The fraction of sp³-hybridized carbons (Fsp3) is 1.00. The summed E-state index contributed by atoms with van der Waals surface area (Å²) < 4.78 is 0. The van der Waals surface area contributed by atoms with Crippen molar-refractivity contribution in [3.63, 3.8) is 0 Å². The van der Waals surface area contributed by atoms with Gasteiger partial charge >= 0.3 is 0 Å². The molecule has 0 aromatic carbocycles. The molecule has 0 spiro atoms. The van der Waals surface area contributed by atoms with Gasteiger partial charge in [0.05, 0.1) is 0 Å². The lowest BCUT2D eigenvalue weighted by Gasteiger charge is -2.31. The lowest BCUT2D eigenvalue weighted by atomic mass is 9.75. The van der Waals surface area contributed by atoms with Crippen molar-refractivity contribution in [3.05, 3.63) is 0 Å². The molecule has 14 heavy (non-hydrogen) atoms. The van der Waals surface area contributed by atoms with Crippen LogP contribution in [-0.4, -0.2) is 13.1 Å². The number of hydrogen-bond donors (Lipinski definition) is 1. The van der Waals surface area contributed by atoms with Gasteiger partial charge in [0.25, 0.3) is 0 Å². The van der Waals surface area contributed by atoms with Crippen molar-refractivity contribution in [3.8, 4) is 0 Å². The Morgan fingerprint density at radius 1 is 1.00 bits per heavy atom. The van der Waals surface area contributed by atoms with Crippen LogP contribution in [0.3, 0.4) is 0 Å². The van der Waals surface area contributed by atoms with E-state index >= 15 is 0 Å². The third-order valence-electron chi connectivity index (χ3n) is 3.43. The van der Waals surface area contributed by atoms with E-state index in [2.05, 4.69) is 26.1 Å². The van der Waals surface area contributed by atoms with Crippen LogP contribution in [0, 0.1) is 17.8 Å². The normalized spacial score (nSPS) is 33.2. The topological polar surface area (TPSA) is 12.0 Å². The van der Waals surface area contributed by atoms with Crippen molar-refractivity contribution >= 4 is 0 Å². The zero-order chi connectivity index (χ0) is 10.4. The summed E-state index contributed by atoms with van der Waals surface area (Å²) in [6.45, 7) is 9.50. The molecule has 0 saturated heterocycles. The molecule has 1 fully saturated rings. The van der Waals surface area contributed by atoms with Crippen molar-refractivity contribution in [2.45, 2.75) is 52.9 Å². The molecule has 0 radical (unpaired) electrons. The molecule has 1 rings (SSSR count). The summed E-state index contributed by atoms with van der Waals surface area (Å²) in [6, 6.07) is 0. The summed E-state index contributed by atoms with van der Waals surface area (Å²) >= 11 is 0. The Bertz CT molecular complexity index is 134. The molecule has 1 saturated carbocycles. The Morgan fingerprint density at radius 3 is 2.21 bits per heavy atom. The second-order valence-electron chi connectivity index (χ2n) is 5.32. The Labute approximate surface area is 89.7 Å². The molecule has 0 aromatic heterocycles. The largest absolute Gasteiger partial charge is 0.317 e. The highest BCUT2D eigenvalue weighted by atomic mass is 14.8. The summed E-state index contributed by atoms with van der Waals surface area (Å²) in [7, 11) is 0. The monoisotopic (exact) mass is 197 g/mol. The van der Waals surface area contributed by atoms with Crippen molar-refractivity contribution in [2.24, 2.45) is 17.8 Å². The minimum absolute atomic E-state index is 0.968. The summed E-state index contributed by atoms with van der Waals surface area (Å²) in [4.78, 5) is 0. The number of hydrogen-bond acceptors (Lipinski definition) is 1. The lowest BCUT2D eigenvalue weighted by Crippen LogP contribution is -2.24. The standard InChI is InChI=1S/C13H27N/c1-4-6-14-7-5-13-9-11(2)8-12(3)10-13/h11-14H,4-10H2,1-3H3. The van der Waals surface area contributed by atoms with E-state index in [1.54, 1.807) is 0 Å². The third kappa shape index (κ3) is 4.45. The second-order valence-corrected chi connectivity index (χ2v) is 5.32. The van der Waals surface area contributed by atoms with E-state index < -0.39 is 0 Å². The molecule has 0 aromatic rings. The van der Waals surface area contributed by atoms with E-state index in [9.17, 15) is 0 Å². The molecular formula is C13H27N. The van der Waals surface area contributed by atoms with Crippen LogP contribution in [0.15, 0.2) is 0 Å². The van der Waals surface area contributed by atoms with E-state index in [0.29, 0.717) is 0 Å². The van der Waals surface area contributed by atoms with E-state index in [0.717, 1.165) is 17.8 Å². The highest BCUT2D eigenvalue weighted by molar-refractivity contribution is 4.75. The molecule has 0 bridgehead atoms. The van der Waals surface area contributed by atoms with Crippen LogP contribution in [0.5, 0.6) is 0 Å². The first-order valence-electron chi connectivity index (χ1n) is 6.43. The first-order valence-corrected chi connectivity index (χ1v) is 6.43. The van der Waals surface area contributed by atoms with Gasteiger partial charge in [-0.05, 0) is 62.9 Å². The maximum Gasteiger partial charge on any atom is -0.00463 e. The van der Waals surface area contributed by atoms with Crippen molar-refractivity contribution < 1.29 is 0 Å². The molecule has 0 amide bonds. The molecule has 2 atom stereocenters. The average molecular weight is 197 g/mol. The van der Waals surface area contributed by atoms with Crippen LogP contribution >= 0.6 is 0 Å². The second kappa shape index (κ2) is 6.44. The van der Waals surface area contributed by atoms with Gasteiger partial charge in [-0.25, -0.2) is 0 Å². The van der Waals surface area contributed by atoms with Crippen LogP contribution in [-0.2, 0) is 0 Å². The van der Waals surface area contributed by atoms with E-state index in [1.165, 1.54) is 45.2 Å². The summed E-state index contributed by atoms with van der Waals surface area (Å²) in [5, 5.41) is 3.51. The van der Waals surface area contributed by atoms with Crippen molar-refractivity contribution in [1.29, 1.82) is 0 Å². The van der Waals surface area contributed by atoms with Crippen LogP contribution in [0.1, 0.15) is 52.9 Å². The number of nitrogens with one attached hydrogen (secondary N) is 1. The lowest BCUT2D eigenvalue weighted by molar-refractivity contribution is 0.209. The van der Waals surface area contributed by atoms with Crippen LogP contribution in [0.2, 0.25) is 0 Å². The smallest absolute Gasteiger partial charge is 0.00463 e. The van der Waals surface area contributed by atoms with Gasteiger partial charge in [0.1, 0.15) is 0 Å². The molecule has 1 N–H and O–H groups in total. The minimum atomic E-state index is 0.968. The molecule has 2 unspecified atom stereocenters. The van der Waals surface area contributed by atoms with E-state index in [4.69, 9.17) is 0 Å². The Hall–Kier alpha value is -0.0400. The van der Waals surface area contributed by atoms with E-state index in [1.807, 2.05) is 0 Å². The van der Waals surface area contributed by atoms with Gasteiger partial charge in [-0.1, -0.05) is 20.8 Å². The predicted molar refractivity (Wildman–Crippen MR) is 63.4 cm³/mol. The summed E-state index contributed by atoms with van der Waals surface area (Å²) in [5.74, 6) is 2.93. The first kappa shape index (κ1) is 12.0. The maximum absolute atomic E-state index is 3.51. The molecule has 1 nitrogen and oxygen atoms in total. The molecule has 0 aliphatic heterocycles. The zero-order valence-electron chi connectivity index (χ0n) is 10.2. The number of rotatable bonds is 5. The molecule has 1 aliphatic rings. The average Bonchev–Trinajstić information content (AvgIpc) is 2.11. The third-order valence-corrected chi connectivity index (χ3v) is 3.43. The van der Waals surface area contributed by atoms with Crippen molar-refractivity contribution in [2.75, 3.05) is 13.1 Å². The van der Waals surface area contributed by atoms with Crippen LogP contribution in [0.25, 0.3) is 0 Å². The van der Waals surface area contributed by atoms with Crippen molar-refractivity contribution in [1.82, 2.24) is 5.32 Å². The molecule has 84 valence electrons. The van der Waals surface area contributed by atoms with Gasteiger partial charge in [0.2, 0.25) is 0 Å². The quantitative estimate of drug-likeness (QED) is 0.666. The highest BCUT2D eigenvalue weighted by Crippen LogP contribution is 2.34. The molecule has 1 aliphatic carbocycles. The van der Waals surface area contributed by atoms with Crippen LogP contribution in [0.4, 0.5) is 0 Å².